The normalized spacial score (nSPS) is 23.1. The highest BCUT2D eigenvalue weighted by Gasteiger charge is 2.33. The lowest BCUT2D eigenvalue weighted by molar-refractivity contribution is -0.00704. The minimum absolute atomic E-state index is 0.00680. The van der Waals surface area contributed by atoms with E-state index in [1.54, 1.807) is 12.4 Å². The number of aryl methyl sites for hydroxylation is 1. The van der Waals surface area contributed by atoms with Crippen LogP contribution < -0.4 is 4.74 Å². The first-order valence-electron chi connectivity index (χ1n) is 9.62. The van der Waals surface area contributed by atoms with Gasteiger partial charge in [0, 0.05) is 55.9 Å². The van der Waals surface area contributed by atoms with Crippen LogP contribution in [0.3, 0.4) is 0 Å². The van der Waals surface area contributed by atoms with Gasteiger partial charge in [0.15, 0.2) is 5.69 Å². The third-order valence-electron chi connectivity index (χ3n) is 5.43. The molecule has 0 unspecified atom stereocenters. The van der Waals surface area contributed by atoms with E-state index in [4.69, 9.17) is 9.47 Å². The molecule has 4 heterocycles. The van der Waals surface area contributed by atoms with Gasteiger partial charge in [0.25, 0.3) is 5.91 Å². The summed E-state index contributed by atoms with van der Waals surface area (Å²) in [6, 6.07) is 1.90. The molecule has 2 aliphatic heterocycles. The number of carbonyl (C=O) groups is 1. The minimum Gasteiger partial charge on any atom is -0.490 e. The number of nitrogens with one attached hydrogen (secondary N) is 1. The number of pyridine rings is 1. The molecule has 0 aliphatic carbocycles. The van der Waals surface area contributed by atoms with Crippen molar-refractivity contribution >= 4 is 5.91 Å². The van der Waals surface area contributed by atoms with Gasteiger partial charge in [-0.3, -0.25) is 14.9 Å². The first-order valence-corrected chi connectivity index (χ1v) is 9.62. The number of H-pyrrole nitrogens is 1. The van der Waals surface area contributed by atoms with Gasteiger partial charge in [-0.25, -0.2) is 0 Å². The number of nitrogens with zero attached hydrogens (tertiary/aromatic N) is 3. The Morgan fingerprint density at radius 3 is 2.85 bits per heavy atom. The van der Waals surface area contributed by atoms with Gasteiger partial charge in [-0.2, -0.15) is 5.10 Å². The van der Waals surface area contributed by atoms with Crippen molar-refractivity contribution < 1.29 is 14.3 Å². The molecule has 27 heavy (non-hydrogen) atoms. The molecule has 0 radical (unpaired) electrons. The maximum atomic E-state index is 13.0. The Morgan fingerprint density at radius 2 is 2.11 bits per heavy atom. The Kier molecular flexibility index (Phi) is 4.86. The fraction of sp³-hybridized carbons (Fsp3) is 0.550. The number of piperidine rings is 1. The van der Waals surface area contributed by atoms with E-state index in [1.165, 1.54) is 0 Å². The molecular weight excluding hydrogens is 344 g/mol. The van der Waals surface area contributed by atoms with E-state index in [0.717, 1.165) is 41.8 Å². The van der Waals surface area contributed by atoms with Gasteiger partial charge in [0.05, 0.1) is 17.9 Å². The number of aromatic amines is 1. The molecule has 2 aromatic heterocycles. The largest absolute Gasteiger partial charge is 0.490 e. The summed E-state index contributed by atoms with van der Waals surface area (Å²) in [4.78, 5) is 19.0. The SMILES string of the molecule is Cc1cnccc1OC1CCN(C(=O)c2n[nH]c3c2C[C@@H](C)O[C@H]3C)CC1. The molecule has 0 aromatic carbocycles. The minimum atomic E-state index is -0.0551. The average molecular weight is 370 g/mol. The fourth-order valence-electron chi connectivity index (χ4n) is 3.95. The van der Waals surface area contributed by atoms with Crippen LogP contribution in [0.15, 0.2) is 18.5 Å². The van der Waals surface area contributed by atoms with E-state index in [9.17, 15) is 4.79 Å². The standard InChI is InChI=1S/C20H26N4O3/c1-12-11-21-7-4-17(12)27-15-5-8-24(9-6-15)20(25)19-16-10-13(2)26-14(3)18(16)22-23-19/h4,7,11,13-15H,5-6,8-10H2,1-3H3,(H,22,23)/t13-,14+/m1/s1. The average Bonchev–Trinajstić information content (AvgIpc) is 3.08. The Morgan fingerprint density at radius 1 is 1.33 bits per heavy atom. The number of hydrogen-bond acceptors (Lipinski definition) is 5. The summed E-state index contributed by atoms with van der Waals surface area (Å²) in [6.45, 7) is 7.37. The van der Waals surface area contributed by atoms with Gasteiger partial charge in [-0.1, -0.05) is 0 Å². The predicted octanol–water partition coefficient (Wildman–Crippen LogP) is 2.82. The van der Waals surface area contributed by atoms with Gasteiger partial charge < -0.3 is 14.4 Å². The lowest BCUT2D eigenvalue weighted by Gasteiger charge is -2.32. The highest BCUT2D eigenvalue weighted by Crippen LogP contribution is 2.31. The molecule has 1 N–H and O–H groups in total. The number of ether oxygens (including phenoxy) is 2. The van der Waals surface area contributed by atoms with Crippen molar-refractivity contribution in [3.8, 4) is 5.75 Å². The molecule has 1 amide bonds. The van der Waals surface area contributed by atoms with Crippen molar-refractivity contribution in [3.63, 3.8) is 0 Å². The molecule has 0 bridgehead atoms. The summed E-state index contributed by atoms with van der Waals surface area (Å²) in [5.74, 6) is 0.881. The van der Waals surface area contributed by atoms with Crippen molar-refractivity contribution in [2.24, 2.45) is 0 Å². The fourth-order valence-corrected chi connectivity index (χ4v) is 3.95. The van der Waals surface area contributed by atoms with Gasteiger partial charge in [-0.05, 0) is 26.8 Å². The van der Waals surface area contributed by atoms with E-state index in [0.29, 0.717) is 18.8 Å². The highest BCUT2D eigenvalue weighted by molar-refractivity contribution is 5.94. The Labute approximate surface area is 159 Å². The molecule has 1 fully saturated rings. The molecule has 7 nitrogen and oxygen atoms in total. The number of fused-ring (bicyclic) bond motifs is 1. The molecule has 0 spiro atoms. The van der Waals surface area contributed by atoms with Crippen LogP contribution in [-0.2, 0) is 11.2 Å². The predicted molar refractivity (Wildman–Crippen MR) is 99.8 cm³/mol. The molecule has 2 aliphatic rings. The quantitative estimate of drug-likeness (QED) is 0.899. The third kappa shape index (κ3) is 3.56. The van der Waals surface area contributed by atoms with E-state index in [1.807, 2.05) is 31.7 Å². The zero-order chi connectivity index (χ0) is 19.0. The first-order chi connectivity index (χ1) is 13.0. The Bertz CT molecular complexity index is 826. The van der Waals surface area contributed by atoms with Gasteiger partial charge >= 0.3 is 0 Å². The zero-order valence-electron chi connectivity index (χ0n) is 16.1. The Hall–Kier alpha value is -2.41. The Balaban J connectivity index is 1.40. The number of carbonyl (C=O) groups excluding carboxylic acids is 1. The summed E-state index contributed by atoms with van der Waals surface area (Å²) in [5.41, 5.74) is 3.53. The van der Waals surface area contributed by atoms with Crippen molar-refractivity contribution in [2.75, 3.05) is 13.1 Å². The van der Waals surface area contributed by atoms with Crippen LogP contribution in [0.5, 0.6) is 5.75 Å². The second-order valence-corrected chi connectivity index (χ2v) is 7.51. The second kappa shape index (κ2) is 7.31. The highest BCUT2D eigenvalue weighted by atomic mass is 16.5. The van der Waals surface area contributed by atoms with Gasteiger partial charge in [0.1, 0.15) is 11.9 Å². The number of aromatic nitrogens is 3. The van der Waals surface area contributed by atoms with Crippen LogP contribution in [0.1, 0.15) is 60.1 Å². The third-order valence-corrected chi connectivity index (χ3v) is 5.43. The number of amides is 1. The van der Waals surface area contributed by atoms with Gasteiger partial charge in [-0.15, -0.1) is 0 Å². The summed E-state index contributed by atoms with van der Waals surface area (Å²) < 4.78 is 11.9. The summed E-state index contributed by atoms with van der Waals surface area (Å²) in [7, 11) is 0. The van der Waals surface area contributed by atoms with Crippen LogP contribution in [0.4, 0.5) is 0 Å². The van der Waals surface area contributed by atoms with Crippen molar-refractivity contribution in [1.82, 2.24) is 20.1 Å². The van der Waals surface area contributed by atoms with Crippen molar-refractivity contribution in [3.05, 3.63) is 41.0 Å². The molecule has 2 aromatic rings. The van der Waals surface area contributed by atoms with Crippen LogP contribution in [0.2, 0.25) is 0 Å². The lowest BCUT2D eigenvalue weighted by Crippen LogP contribution is -2.42. The maximum absolute atomic E-state index is 13.0. The van der Waals surface area contributed by atoms with Crippen LogP contribution >= 0.6 is 0 Å². The maximum Gasteiger partial charge on any atom is 0.274 e. The van der Waals surface area contributed by atoms with E-state index >= 15 is 0 Å². The molecule has 1 saturated heterocycles. The topological polar surface area (TPSA) is 80.3 Å². The van der Waals surface area contributed by atoms with Crippen LogP contribution in [-0.4, -0.2) is 51.3 Å². The van der Waals surface area contributed by atoms with E-state index in [-0.39, 0.29) is 24.2 Å². The van der Waals surface area contributed by atoms with Gasteiger partial charge in [0.2, 0.25) is 0 Å². The smallest absolute Gasteiger partial charge is 0.274 e. The summed E-state index contributed by atoms with van der Waals surface area (Å²) >= 11 is 0. The zero-order valence-corrected chi connectivity index (χ0v) is 16.1. The summed E-state index contributed by atoms with van der Waals surface area (Å²) in [6.07, 6.45) is 6.06. The molecule has 0 saturated carbocycles. The molecule has 4 rings (SSSR count). The number of hydrogen-bond donors (Lipinski definition) is 1. The van der Waals surface area contributed by atoms with Crippen LogP contribution in [0.25, 0.3) is 0 Å². The molecular formula is C20H26N4O3. The van der Waals surface area contributed by atoms with Crippen molar-refractivity contribution in [2.45, 2.75) is 58.3 Å². The lowest BCUT2D eigenvalue weighted by atomic mass is 9.98. The molecule has 2 atom stereocenters. The summed E-state index contributed by atoms with van der Waals surface area (Å²) in [5, 5.41) is 7.33. The van der Waals surface area contributed by atoms with Crippen LogP contribution in [0, 0.1) is 6.92 Å². The van der Waals surface area contributed by atoms with Crippen molar-refractivity contribution in [1.29, 1.82) is 0 Å². The monoisotopic (exact) mass is 370 g/mol. The molecule has 7 heteroatoms. The van der Waals surface area contributed by atoms with E-state index in [2.05, 4.69) is 15.2 Å². The number of likely N-dealkylation sites (tertiary alicyclic amines) is 1. The second-order valence-electron chi connectivity index (χ2n) is 7.51. The first kappa shape index (κ1) is 18.0. The number of rotatable bonds is 3. The van der Waals surface area contributed by atoms with E-state index < -0.39 is 0 Å². The molecule has 144 valence electrons.